The van der Waals surface area contributed by atoms with E-state index in [1.165, 1.54) is 32.8 Å². The van der Waals surface area contributed by atoms with Crippen molar-refractivity contribution < 1.29 is 14.3 Å². The van der Waals surface area contributed by atoms with Gasteiger partial charge in [-0.15, -0.1) is 0 Å². The molecule has 2 aliphatic carbocycles. The van der Waals surface area contributed by atoms with Crippen LogP contribution < -0.4 is 0 Å². The molecule has 3 rings (SSSR count). The van der Waals surface area contributed by atoms with Gasteiger partial charge in [0, 0.05) is 5.57 Å². The van der Waals surface area contributed by atoms with Crippen LogP contribution in [0.4, 0.5) is 0 Å². The predicted octanol–water partition coefficient (Wildman–Crippen LogP) is 4.40. The molecule has 1 aliphatic heterocycles. The number of nitrogens with zero attached hydrogens (tertiary/aromatic N) is 1. The van der Waals surface area contributed by atoms with E-state index in [-0.39, 0.29) is 23.4 Å². The monoisotopic (exact) mass is 345 g/mol. The summed E-state index contributed by atoms with van der Waals surface area (Å²) >= 11 is 0. The van der Waals surface area contributed by atoms with Crippen LogP contribution >= 0.6 is 0 Å². The molecule has 1 spiro atoms. The van der Waals surface area contributed by atoms with E-state index >= 15 is 0 Å². The Morgan fingerprint density at radius 2 is 2.04 bits per heavy atom. The number of rotatable bonds is 4. The van der Waals surface area contributed by atoms with Gasteiger partial charge < -0.3 is 9.47 Å². The number of carbonyl (C=O) groups excluding carboxylic acids is 1. The zero-order valence-corrected chi connectivity index (χ0v) is 16.1. The fourth-order valence-corrected chi connectivity index (χ4v) is 6.09. The van der Waals surface area contributed by atoms with Crippen LogP contribution in [-0.2, 0) is 14.3 Å². The molecule has 3 fully saturated rings. The summed E-state index contributed by atoms with van der Waals surface area (Å²) in [7, 11) is 1.38. The fraction of sp³-hybridized carbons (Fsp3) is 0.810. The van der Waals surface area contributed by atoms with Crippen molar-refractivity contribution in [3.8, 4) is 6.07 Å². The zero-order valence-electron chi connectivity index (χ0n) is 16.1. The molecule has 25 heavy (non-hydrogen) atoms. The van der Waals surface area contributed by atoms with Crippen molar-refractivity contribution in [2.24, 2.45) is 22.7 Å². The molecule has 0 aromatic carbocycles. The Morgan fingerprint density at radius 3 is 2.64 bits per heavy atom. The van der Waals surface area contributed by atoms with E-state index in [0.29, 0.717) is 22.8 Å². The number of nitriles is 1. The Kier molecular flexibility index (Phi) is 4.75. The van der Waals surface area contributed by atoms with Crippen LogP contribution in [0.2, 0.25) is 0 Å². The Morgan fingerprint density at radius 1 is 1.32 bits per heavy atom. The minimum atomic E-state index is -0.381. The summed E-state index contributed by atoms with van der Waals surface area (Å²) in [6.45, 7) is 8.13. The summed E-state index contributed by atoms with van der Waals surface area (Å²) in [6, 6.07) is 2.09. The third kappa shape index (κ3) is 3.12. The highest BCUT2D eigenvalue weighted by Crippen LogP contribution is 2.66. The van der Waals surface area contributed by atoms with Gasteiger partial charge in [-0.25, -0.2) is 4.79 Å². The minimum absolute atomic E-state index is 0.00302. The van der Waals surface area contributed by atoms with E-state index in [4.69, 9.17) is 14.7 Å². The molecule has 3 aliphatic rings. The summed E-state index contributed by atoms with van der Waals surface area (Å²) < 4.78 is 10.8. The quantitative estimate of drug-likeness (QED) is 0.430. The summed E-state index contributed by atoms with van der Waals surface area (Å²) in [5, 5.41) is 9.02. The van der Waals surface area contributed by atoms with Crippen LogP contribution in [0.3, 0.4) is 0 Å². The van der Waals surface area contributed by atoms with Gasteiger partial charge in [-0.1, -0.05) is 33.3 Å². The normalized spacial score (nSPS) is 39.4. The topological polar surface area (TPSA) is 62.6 Å². The van der Waals surface area contributed by atoms with Crippen molar-refractivity contribution in [1.29, 1.82) is 5.26 Å². The molecular weight excluding hydrogens is 314 g/mol. The molecule has 0 bridgehead atoms. The Hall–Kier alpha value is -1.34. The van der Waals surface area contributed by atoms with Gasteiger partial charge in [-0.3, -0.25) is 0 Å². The summed E-state index contributed by atoms with van der Waals surface area (Å²) in [4.78, 5) is 11.9. The Balaban J connectivity index is 1.89. The molecule has 0 unspecified atom stereocenters. The molecule has 138 valence electrons. The van der Waals surface area contributed by atoms with Crippen molar-refractivity contribution in [3.05, 3.63) is 11.6 Å². The number of hydrogen-bond donors (Lipinski definition) is 0. The average Bonchev–Trinajstić information content (AvgIpc) is 3.31. The lowest BCUT2D eigenvalue weighted by molar-refractivity contribution is -0.136. The van der Waals surface area contributed by atoms with Gasteiger partial charge in [0.05, 0.1) is 31.8 Å². The van der Waals surface area contributed by atoms with E-state index in [0.717, 1.165) is 19.4 Å². The van der Waals surface area contributed by atoms with Gasteiger partial charge in [0.25, 0.3) is 0 Å². The molecule has 0 aromatic heterocycles. The van der Waals surface area contributed by atoms with Crippen LogP contribution in [0.5, 0.6) is 0 Å². The lowest BCUT2D eigenvalue weighted by Gasteiger charge is -2.59. The summed E-state index contributed by atoms with van der Waals surface area (Å²) in [5.74, 6) is 0.727. The number of carbonyl (C=O) groups is 1. The predicted molar refractivity (Wildman–Crippen MR) is 95.6 cm³/mol. The first kappa shape index (κ1) is 18.5. The number of hydrogen-bond acceptors (Lipinski definition) is 4. The van der Waals surface area contributed by atoms with E-state index in [1.807, 2.05) is 6.08 Å². The lowest BCUT2D eigenvalue weighted by Crippen LogP contribution is -2.54. The van der Waals surface area contributed by atoms with Gasteiger partial charge in [-0.05, 0) is 54.8 Å². The number of methoxy groups -OCH3 is 1. The molecule has 1 heterocycles. The molecule has 1 saturated heterocycles. The number of fused-ring (bicyclic) bond motifs is 1. The summed E-state index contributed by atoms with van der Waals surface area (Å²) in [5.41, 5.74) is 1.09. The number of esters is 1. The zero-order chi connectivity index (χ0) is 18.3. The third-order valence-corrected chi connectivity index (χ3v) is 7.40. The Labute approximate surface area is 151 Å². The van der Waals surface area contributed by atoms with Gasteiger partial charge in [0.2, 0.25) is 0 Å². The molecular formula is C21H31NO3. The van der Waals surface area contributed by atoms with Crippen LogP contribution in [-0.4, -0.2) is 25.3 Å². The highest BCUT2D eigenvalue weighted by Gasteiger charge is 2.64. The number of epoxide rings is 1. The largest absolute Gasteiger partial charge is 0.466 e. The first-order valence-corrected chi connectivity index (χ1v) is 9.57. The van der Waals surface area contributed by atoms with Gasteiger partial charge in [0.15, 0.2) is 0 Å². The van der Waals surface area contributed by atoms with Gasteiger partial charge in [0.1, 0.15) is 0 Å². The van der Waals surface area contributed by atoms with E-state index in [1.54, 1.807) is 0 Å². The van der Waals surface area contributed by atoms with E-state index in [9.17, 15) is 4.79 Å². The highest BCUT2D eigenvalue weighted by molar-refractivity contribution is 5.88. The molecule has 0 amide bonds. The van der Waals surface area contributed by atoms with E-state index < -0.39 is 0 Å². The molecule has 2 saturated carbocycles. The standard InChI is InChI=1S/C21H31NO3/c1-19(2)10-5-11-20(3)16(19)8-12-21(14-25-21)17(20)7-6-15(9-13-22)18(23)24-4/h6,16-17H,5,7-12,14H2,1-4H3/t16-,17+,20-,21+/m0/s1. The fourth-order valence-electron chi connectivity index (χ4n) is 6.09. The highest BCUT2D eigenvalue weighted by atomic mass is 16.6. The van der Waals surface area contributed by atoms with Crippen LogP contribution in [0.1, 0.15) is 65.7 Å². The van der Waals surface area contributed by atoms with Crippen molar-refractivity contribution in [1.82, 2.24) is 0 Å². The maximum atomic E-state index is 11.9. The molecule has 0 N–H and O–H groups in total. The van der Waals surface area contributed by atoms with Crippen LogP contribution in [0.25, 0.3) is 0 Å². The molecule has 4 atom stereocenters. The molecule has 0 radical (unpaired) electrons. The number of allylic oxidation sites excluding steroid dienone is 1. The van der Waals surface area contributed by atoms with Crippen LogP contribution in [0, 0.1) is 34.0 Å². The average molecular weight is 345 g/mol. The smallest absolute Gasteiger partial charge is 0.334 e. The first-order valence-electron chi connectivity index (χ1n) is 9.57. The van der Waals surface area contributed by atoms with Gasteiger partial charge >= 0.3 is 5.97 Å². The maximum absolute atomic E-state index is 11.9. The summed E-state index contributed by atoms with van der Waals surface area (Å²) in [6.07, 6.45) is 9.03. The van der Waals surface area contributed by atoms with Crippen molar-refractivity contribution >= 4 is 5.97 Å². The first-order chi connectivity index (χ1) is 11.8. The van der Waals surface area contributed by atoms with Crippen molar-refractivity contribution in [2.45, 2.75) is 71.3 Å². The van der Waals surface area contributed by atoms with Crippen molar-refractivity contribution in [3.63, 3.8) is 0 Å². The lowest BCUT2D eigenvalue weighted by atomic mass is 9.46. The third-order valence-electron chi connectivity index (χ3n) is 7.40. The second-order valence-electron chi connectivity index (χ2n) is 9.14. The molecule has 4 heteroatoms. The SMILES string of the molecule is COC(=O)C(=CC[C@H]1[C@@]2(CC[C@H]3C(C)(C)CCC[C@@]31C)CO2)CC#N. The minimum Gasteiger partial charge on any atom is -0.466 e. The van der Waals surface area contributed by atoms with Crippen molar-refractivity contribution in [2.75, 3.05) is 13.7 Å². The van der Waals surface area contributed by atoms with Gasteiger partial charge in [-0.2, -0.15) is 5.26 Å². The maximum Gasteiger partial charge on any atom is 0.334 e. The molecule has 4 nitrogen and oxygen atoms in total. The second kappa shape index (κ2) is 6.43. The molecule has 0 aromatic rings. The Bertz CT molecular complexity index is 611. The van der Waals surface area contributed by atoms with E-state index in [2.05, 4.69) is 26.8 Å². The second-order valence-corrected chi connectivity index (χ2v) is 9.14. The number of ether oxygens (including phenoxy) is 2. The van der Waals surface area contributed by atoms with Crippen LogP contribution in [0.15, 0.2) is 11.6 Å².